The van der Waals surface area contributed by atoms with Gasteiger partial charge in [-0.25, -0.2) is 9.78 Å². The van der Waals surface area contributed by atoms with Crippen molar-refractivity contribution in [2.24, 2.45) is 11.8 Å². The second-order valence-electron chi connectivity index (χ2n) is 10.3. The molecular formula is C27H45NO7S3. The van der Waals surface area contributed by atoms with Crippen molar-refractivity contribution in [2.45, 2.75) is 114 Å². The highest BCUT2D eigenvalue weighted by molar-refractivity contribution is 8.01. The van der Waals surface area contributed by atoms with Crippen LogP contribution in [0.15, 0.2) is 9.72 Å². The van der Waals surface area contributed by atoms with E-state index in [9.17, 15) is 13.2 Å². The molecule has 0 amide bonds. The zero-order chi connectivity index (χ0) is 27.4. The van der Waals surface area contributed by atoms with E-state index in [1.807, 2.05) is 0 Å². The molecular weight excluding hydrogens is 546 g/mol. The molecule has 38 heavy (non-hydrogen) atoms. The SMILES string of the molecule is CCCCCCCC[C@@H]1[C@@H](CCSc2nc(C(=O)OCC)cs2)[C@H](OS(C)(=O)=O)C[C@H]1OC1CCCCO1. The van der Waals surface area contributed by atoms with Crippen LogP contribution in [-0.2, 0) is 28.5 Å². The molecule has 0 N–H and O–H groups in total. The zero-order valence-electron chi connectivity index (χ0n) is 23.1. The number of carbonyl (C=O) groups excluding carboxylic acids is 1. The van der Waals surface area contributed by atoms with Crippen molar-refractivity contribution in [3.8, 4) is 0 Å². The summed E-state index contributed by atoms with van der Waals surface area (Å²) >= 11 is 3.02. The van der Waals surface area contributed by atoms with E-state index in [1.54, 1.807) is 24.1 Å². The Balaban J connectivity index is 1.66. The Morgan fingerprint density at radius 3 is 2.58 bits per heavy atom. The molecule has 1 aromatic heterocycles. The number of thioether (sulfide) groups is 1. The first kappa shape index (κ1) is 31.8. The van der Waals surface area contributed by atoms with Crippen molar-refractivity contribution in [1.82, 2.24) is 4.98 Å². The van der Waals surface area contributed by atoms with E-state index in [0.29, 0.717) is 25.3 Å². The Kier molecular flexibility index (Phi) is 13.8. The third-order valence-corrected chi connectivity index (χ3v) is 9.92. The van der Waals surface area contributed by atoms with Gasteiger partial charge in [-0.1, -0.05) is 57.2 Å². The molecule has 8 nitrogen and oxygen atoms in total. The lowest BCUT2D eigenvalue weighted by atomic mass is 9.86. The minimum absolute atomic E-state index is 0.0611. The number of hydrogen-bond donors (Lipinski definition) is 0. The van der Waals surface area contributed by atoms with Crippen LogP contribution in [-0.4, -0.2) is 63.1 Å². The number of thiazole rings is 1. The summed E-state index contributed by atoms with van der Waals surface area (Å²) in [5.41, 5.74) is 0.334. The van der Waals surface area contributed by atoms with Crippen molar-refractivity contribution < 1.29 is 31.6 Å². The van der Waals surface area contributed by atoms with E-state index < -0.39 is 22.2 Å². The lowest BCUT2D eigenvalue weighted by Gasteiger charge is -2.30. The van der Waals surface area contributed by atoms with Crippen LogP contribution >= 0.6 is 23.1 Å². The quantitative estimate of drug-likeness (QED) is 0.0876. The summed E-state index contributed by atoms with van der Waals surface area (Å²) in [6.45, 7) is 5.03. The molecule has 5 atom stereocenters. The van der Waals surface area contributed by atoms with E-state index in [-0.39, 0.29) is 24.2 Å². The molecule has 0 radical (unpaired) electrons. The number of hydrogen-bond acceptors (Lipinski definition) is 10. The normalized spacial score (nSPS) is 26.0. The van der Waals surface area contributed by atoms with Crippen LogP contribution in [0.4, 0.5) is 0 Å². The number of rotatable bonds is 17. The minimum atomic E-state index is -3.60. The van der Waals surface area contributed by atoms with Crippen LogP contribution < -0.4 is 0 Å². The first-order valence-electron chi connectivity index (χ1n) is 14.2. The number of aromatic nitrogens is 1. The van der Waals surface area contributed by atoms with Gasteiger partial charge in [0.15, 0.2) is 16.3 Å². The number of nitrogens with zero attached hydrogens (tertiary/aromatic N) is 1. The number of esters is 1. The summed E-state index contributed by atoms with van der Waals surface area (Å²) in [5.74, 6) is 0.622. The third kappa shape index (κ3) is 10.7. The van der Waals surface area contributed by atoms with Gasteiger partial charge in [-0.05, 0) is 50.9 Å². The van der Waals surface area contributed by atoms with Gasteiger partial charge in [0.2, 0.25) is 0 Å². The fraction of sp³-hybridized carbons (Fsp3) is 0.852. The van der Waals surface area contributed by atoms with E-state index in [0.717, 1.165) is 54.9 Å². The van der Waals surface area contributed by atoms with Gasteiger partial charge in [0, 0.05) is 24.2 Å². The average molecular weight is 592 g/mol. The Hall–Kier alpha value is -0.720. The van der Waals surface area contributed by atoms with Crippen LogP contribution in [0.3, 0.4) is 0 Å². The van der Waals surface area contributed by atoms with Gasteiger partial charge in [0.05, 0.1) is 25.1 Å². The van der Waals surface area contributed by atoms with Crippen molar-refractivity contribution in [3.05, 3.63) is 11.1 Å². The van der Waals surface area contributed by atoms with Crippen LogP contribution in [0.25, 0.3) is 0 Å². The highest BCUT2D eigenvalue weighted by Crippen LogP contribution is 2.44. The van der Waals surface area contributed by atoms with E-state index in [2.05, 4.69) is 11.9 Å². The summed E-state index contributed by atoms with van der Waals surface area (Å²) in [7, 11) is -3.60. The molecule has 1 saturated carbocycles. The number of carbonyl (C=O) groups is 1. The Morgan fingerprint density at radius 1 is 1.11 bits per heavy atom. The topological polar surface area (TPSA) is 101 Å². The largest absolute Gasteiger partial charge is 0.461 e. The molecule has 1 aliphatic carbocycles. The molecule has 1 saturated heterocycles. The van der Waals surface area contributed by atoms with Gasteiger partial charge in [-0.2, -0.15) is 8.42 Å². The summed E-state index contributed by atoms with van der Waals surface area (Å²) in [4.78, 5) is 16.4. The first-order chi connectivity index (χ1) is 18.3. The van der Waals surface area contributed by atoms with Crippen molar-refractivity contribution in [2.75, 3.05) is 25.2 Å². The molecule has 1 unspecified atom stereocenters. The fourth-order valence-corrected chi connectivity index (χ4v) is 8.08. The Labute approximate surface area is 237 Å². The summed E-state index contributed by atoms with van der Waals surface area (Å²) in [6, 6.07) is 0. The van der Waals surface area contributed by atoms with Gasteiger partial charge >= 0.3 is 5.97 Å². The molecule has 2 heterocycles. The number of unbranched alkanes of at least 4 members (excludes halogenated alkanes) is 5. The molecule has 0 aromatic carbocycles. The molecule has 0 bridgehead atoms. The van der Waals surface area contributed by atoms with E-state index in [1.165, 1.54) is 43.4 Å². The van der Waals surface area contributed by atoms with Crippen LogP contribution in [0.1, 0.15) is 101 Å². The second-order valence-corrected chi connectivity index (χ2v) is 14.1. The van der Waals surface area contributed by atoms with Crippen molar-refractivity contribution in [1.29, 1.82) is 0 Å². The minimum Gasteiger partial charge on any atom is -0.461 e. The number of ether oxygens (including phenoxy) is 3. The average Bonchev–Trinajstić information content (AvgIpc) is 3.46. The maximum absolute atomic E-state index is 12.2. The zero-order valence-corrected chi connectivity index (χ0v) is 25.5. The lowest BCUT2D eigenvalue weighted by molar-refractivity contribution is -0.196. The Bertz CT molecular complexity index is 933. The molecule has 1 aliphatic heterocycles. The van der Waals surface area contributed by atoms with Gasteiger partial charge in [0.25, 0.3) is 10.1 Å². The molecule has 3 rings (SSSR count). The smallest absolute Gasteiger partial charge is 0.357 e. The highest BCUT2D eigenvalue weighted by atomic mass is 32.2. The Morgan fingerprint density at radius 2 is 1.87 bits per heavy atom. The maximum Gasteiger partial charge on any atom is 0.357 e. The van der Waals surface area contributed by atoms with Crippen LogP contribution in [0.2, 0.25) is 0 Å². The highest BCUT2D eigenvalue weighted by Gasteiger charge is 2.46. The standard InChI is InChI=1S/C27H45NO7S3/c1-4-6-7-8-9-10-13-20-21(15-17-36-27-28-22(19-37-27)26(29)32-5-2)24(35-38(3,30)31)18-23(20)34-25-14-11-12-16-33-25/h19-21,23-25H,4-18H2,1-3H3/t20-,21-,23-,24-,25?/m1/s1. The van der Waals surface area contributed by atoms with Crippen molar-refractivity contribution >= 4 is 39.2 Å². The predicted octanol–water partition coefficient (Wildman–Crippen LogP) is 6.45. The molecule has 218 valence electrons. The van der Waals surface area contributed by atoms with Crippen molar-refractivity contribution in [3.63, 3.8) is 0 Å². The second kappa shape index (κ2) is 16.5. The molecule has 2 fully saturated rings. The van der Waals surface area contributed by atoms with E-state index >= 15 is 0 Å². The first-order valence-corrected chi connectivity index (χ1v) is 17.9. The van der Waals surface area contributed by atoms with Crippen LogP contribution in [0, 0.1) is 11.8 Å². The van der Waals surface area contributed by atoms with Gasteiger partial charge in [-0.3, -0.25) is 4.18 Å². The fourth-order valence-electron chi connectivity index (χ4n) is 5.50. The molecule has 11 heteroatoms. The molecule has 0 spiro atoms. The van der Waals surface area contributed by atoms with E-state index in [4.69, 9.17) is 18.4 Å². The molecule has 2 aliphatic rings. The molecule has 1 aromatic rings. The van der Waals surface area contributed by atoms with Gasteiger partial charge in [0.1, 0.15) is 0 Å². The summed E-state index contributed by atoms with van der Waals surface area (Å²) in [5, 5.41) is 1.72. The van der Waals surface area contributed by atoms with Crippen LogP contribution in [0.5, 0.6) is 0 Å². The van der Waals surface area contributed by atoms with Gasteiger partial charge in [-0.15, -0.1) is 11.3 Å². The predicted molar refractivity (Wildman–Crippen MR) is 151 cm³/mol. The third-order valence-electron chi connectivity index (χ3n) is 7.27. The monoisotopic (exact) mass is 591 g/mol. The lowest BCUT2D eigenvalue weighted by Crippen LogP contribution is -2.31. The van der Waals surface area contributed by atoms with Gasteiger partial charge < -0.3 is 14.2 Å². The summed E-state index contributed by atoms with van der Waals surface area (Å²) in [6.07, 6.45) is 13.1. The summed E-state index contributed by atoms with van der Waals surface area (Å²) < 4.78 is 48.2. The maximum atomic E-state index is 12.2.